The lowest BCUT2D eigenvalue weighted by atomic mass is 9.92. The lowest BCUT2D eigenvalue weighted by Gasteiger charge is -2.26. The van der Waals surface area contributed by atoms with Crippen LogP contribution in [0.3, 0.4) is 0 Å². The molecule has 3 aliphatic rings. The van der Waals surface area contributed by atoms with E-state index in [4.69, 9.17) is 16.3 Å². The van der Waals surface area contributed by atoms with E-state index in [2.05, 4.69) is 9.97 Å². The van der Waals surface area contributed by atoms with Gasteiger partial charge in [0.15, 0.2) is 5.60 Å². The van der Waals surface area contributed by atoms with E-state index >= 15 is 0 Å². The van der Waals surface area contributed by atoms with Crippen molar-refractivity contribution < 1.29 is 18.7 Å². The Morgan fingerprint density at radius 2 is 1.97 bits per heavy atom. The largest absolute Gasteiger partial charge is 0.449 e. The zero-order valence-electron chi connectivity index (χ0n) is 17.6. The van der Waals surface area contributed by atoms with Crippen LogP contribution in [0.25, 0.3) is 11.3 Å². The Labute approximate surface area is 194 Å². The number of hydrogen-bond donors (Lipinski definition) is 0. The lowest BCUT2D eigenvalue weighted by Crippen LogP contribution is -2.40. The summed E-state index contributed by atoms with van der Waals surface area (Å²) in [5, 5.41) is 0.0418. The molecule has 0 radical (unpaired) electrons. The van der Waals surface area contributed by atoms with Crippen LogP contribution in [-0.2, 0) is 20.5 Å². The molecular weight excluding hydrogens is 445 g/mol. The summed E-state index contributed by atoms with van der Waals surface area (Å²) < 4.78 is 19.2. The molecule has 2 aliphatic heterocycles. The van der Waals surface area contributed by atoms with Crippen LogP contribution in [0.15, 0.2) is 55.0 Å². The molecule has 1 saturated heterocycles. The van der Waals surface area contributed by atoms with Gasteiger partial charge in [-0.1, -0.05) is 17.7 Å². The maximum atomic E-state index is 13.6. The van der Waals surface area contributed by atoms with Gasteiger partial charge in [-0.25, -0.2) is 9.18 Å². The van der Waals surface area contributed by atoms with Crippen LogP contribution in [0.5, 0.6) is 0 Å². The minimum atomic E-state index is -0.787. The van der Waals surface area contributed by atoms with Crippen molar-refractivity contribution >= 4 is 23.5 Å². The topological polar surface area (TPSA) is 72.4 Å². The first-order valence-corrected chi connectivity index (χ1v) is 11.2. The monoisotopic (exact) mass is 463 g/mol. The smallest absolute Gasteiger partial charge is 0.341 e. The van der Waals surface area contributed by atoms with Gasteiger partial charge in [0.1, 0.15) is 5.82 Å². The third-order valence-electron chi connectivity index (χ3n) is 7.03. The summed E-state index contributed by atoms with van der Waals surface area (Å²) in [4.78, 5) is 36.3. The number of likely N-dealkylation sites (tertiary alicyclic amines) is 1. The average Bonchev–Trinajstić information content (AvgIpc) is 3.47. The van der Waals surface area contributed by atoms with Gasteiger partial charge in [-0.05, 0) is 48.7 Å². The number of nitrogens with zero attached hydrogens (tertiary/aromatic N) is 3. The van der Waals surface area contributed by atoms with Crippen molar-refractivity contribution in [2.24, 2.45) is 0 Å². The number of carbonyl (C=O) groups excluding carboxylic acids is 2. The molecule has 33 heavy (non-hydrogen) atoms. The first kappa shape index (κ1) is 20.3. The minimum absolute atomic E-state index is 0.0392. The summed E-state index contributed by atoms with van der Waals surface area (Å²) in [7, 11) is 0. The lowest BCUT2D eigenvalue weighted by molar-refractivity contribution is -0.134. The first-order chi connectivity index (χ1) is 15.9. The summed E-state index contributed by atoms with van der Waals surface area (Å²) in [6.45, 7) is 0.866. The first-order valence-electron chi connectivity index (χ1n) is 10.8. The van der Waals surface area contributed by atoms with Crippen LogP contribution in [0.4, 0.5) is 4.39 Å². The molecule has 0 N–H and O–H groups in total. The fourth-order valence-electron chi connectivity index (χ4n) is 5.06. The molecule has 6 nitrogen and oxygen atoms in total. The van der Waals surface area contributed by atoms with Gasteiger partial charge in [0.25, 0.3) is 0 Å². The second-order valence-corrected chi connectivity index (χ2v) is 9.33. The highest BCUT2D eigenvalue weighted by atomic mass is 35.5. The fraction of sp³-hybridized carbons (Fsp3) is 0.280. The Morgan fingerprint density at radius 1 is 1.12 bits per heavy atom. The molecule has 166 valence electrons. The molecule has 3 aromatic rings. The molecule has 2 aromatic heterocycles. The van der Waals surface area contributed by atoms with Crippen LogP contribution >= 0.6 is 11.6 Å². The number of ether oxygens (including phenoxy) is 1. The van der Waals surface area contributed by atoms with Gasteiger partial charge in [0.05, 0.1) is 28.2 Å². The standard InChI is InChI=1S/C25H19ClFN3O3/c26-19-11-15(1-3-20(19)27)21-4-2-16(12-29-21)24(6-7-24)23(32)30-10-8-25(14-30)18-5-9-28-13-17(18)22(31)33-25/h1-5,9,11-13H,6-8,10,14H2/t25-/m0/s1. The molecule has 0 bridgehead atoms. The summed E-state index contributed by atoms with van der Waals surface area (Å²) >= 11 is 5.90. The quantitative estimate of drug-likeness (QED) is 0.542. The molecule has 1 aliphatic carbocycles. The van der Waals surface area contributed by atoms with Crippen molar-refractivity contribution in [2.75, 3.05) is 13.1 Å². The van der Waals surface area contributed by atoms with Crippen LogP contribution in [-0.4, -0.2) is 39.8 Å². The summed E-state index contributed by atoms with van der Waals surface area (Å²) in [6, 6.07) is 10.0. The highest BCUT2D eigenvalue weighted by Gasteiger charge is 2.58. The number of benzene rings is 1. The van der Waals surface area contributed by atoms with Gasteiger partial charge < -0.3 is 9.64 Å². The van der Waals surface area contributed by atoms with Crippen molar-refractivity contribution in [3.63, 3.8) is 0 Å². The summed E-state index contributed by atoms with van der Waals surface area (Å²) in [6.07, 6.45) is 6.97. The normalized spacial score (nSPS) is 22.4. The van der Waals surface area contributed by atoms with Crippen molar-refractivity contribution in [1.29, 1.82) is 0 Å². The number of halogens is 2. The third-order valence-corrected chi connectivity index (χ3v) is 7.32. The predicted molar refractivity (Wildman–Crippen MR) is 118 cm³/mol. The predicted octanol–water partition coefficient (Wildman–Crippen LogP) is 4.27. The molecule has 1 atom stereocenters. The highest BCUT2D eigenvalue weighted by Crippen LogP contribution is 2.52. The molecule has 1 amide bonds. The Kier molecular flexibility index (Phi) is 4.36. The van der Waals surface area contributed by atoms with Crippen LogP contribution in [0.2, 0.25) is 5.02 Å². The second kappa shape index (κ2) is 7.09. The molecule has 1 saturated carbocycles. The number of esters is 1. The highest BCUT2D eigenvalue weighted by molar-refractivity contribution is 6.31. The van der Waals surface area contributed by atoms with E-state index in [1.54, 1.807) is 18.5 Å². The van der Waals surface area contributed by atoms with Crippen LogP contribution in [0.1, 0.15) is 40.7 Å². The zero-order valence-corrected chi connectivity index (χ0v) is 18.3. The Balaban J connectivity index is 1.24. The van der Waals surface area contributed by atoms with Gasteiger partial charge in [-0.3, -0.25) is 14.8 Å². The average molecular weight is 464 g/mol. The van der Waals surface area contributed by atoms with Gasteiger partial charge in [0, 0.05) is 42.7 Å². The number of pyridine rings is 2. The summed E-state index contributed by atoms with van der Waals surface area (Å²) in [5.41, 5.74) is 2.14. The SMILES string of the molecule is O=C1O[C@]2(CCN(C(=O)C3(c4ccc(-c5ccc(F)c(Cl)c5)nc4)CC3)C2)c2ccncc21. The van der Waals surface area contributed by atoms with Crippen LogP contribution < -0.4 is 0 Å². The number of rotatable bonds is 3. The molecule has 6 rings (SSSR count). The van der Waals surface area contributed by atoms with Crippen molar-refractivity contribution in [2.45, 2.75) is 30.3 Å². The maximum absolute atomic E-state index is 13.6. The number of amides is 1. The fourth-order valence-corrected chi connectivity index (χ4v) is 5.24. The van der Waals surface area contributed by atoms with Gasteiger partial charge >= 0.3 is 5.97 Å². The van der Waals surface area contributed by atoms with Gasteiger partial charge in [0.2, 0.25) is 5.91 Å². The van der Waals surface area contributed by atoms with Gasteiger partial charge in [-0.2, -0.15) is 0 Å². The van der Waals surface area contributed by atoms with E-state index in [0.717, 1.165) is 24.0 Å². The number of carbonyl (C=O) groups is 2. The number of fused-ring (bicyclic) bond motifs is 2. The van der Waals surface area contributed by atoms with E-state index < -0.39 is 16.8 Å². The molecule has 8 heteroatoms. The van der Waals surface area contributed by atoms with Crippen molar-refractivity contribution in [3.05, 3.63) is 82.5 Å². The Hall–Kier alpha value is -3.32. The molecule has 2 fully saturated rings. The minimum Gasteiger partial charge on any atom is -0.449 e. The Morgan fingerprint density at radius 3 is 2.70 bits per heavy atom. The van der Waals surface area contributed by atoms with E-state index in [1.807, 2.05) is 23.1 Å². The third kappa shape index (κ3) is 3.06. The number of aromatic nitrogens is 2. The van der Waals surface area contributed by atoms with E-state index in [-0.39, 0.29) is 16.9 Å². The molecule has 1 aromatic carbocycles. The van der Waals surface area contributed by atoms with Crippen molar-refractivity contribution in [1.82, 2.24) is 14.9 Å². The van der Waals surface area contributed by atoms with E-state index in [1.165, 1.54) is 18.3 Å². The second-order valence-electron chi connectivity index (χ2n) is 8.92. The maximum Gasteiger partial charge on any atom is 0.341 e. The molecular formula is C25H19ClFN3O3. The van der Waals surface area contributed by atoms with Gasteiger partial charge in [-0.15, -0.1) is 0 Å². The van der Waals surface area contributed by atoms with Crippen LogP contribution in [0, 0.1) is 5.82 Å². The Bertz CT molecular complexity index is 1310. The van der Waals surface area contributed by atoms with E-state index in [0.29, 0.717) is 36.3 Å². The molecule has 4 heterocycles. The van der Waals surface area contributed by atoms with E-state index in [9.17, 15) is 14.0 Å². The summed E-state index contributed by atoms with van der Waals surface area (Å²) in [5.74, 6) is -0.818. The molecule has 1 spiro atoms. The number of hydrogen-bond acceptors (Lipinski definition) is 5. The zero-order chi connectivity index (χ0) is 22.8. The van der Waals surface area contributed by atoms with Crippen molar-refractivity contribution in [3.8, 4) is 11.3 Å². The molecule has 0 unspecified atom stereocenters.